The molecule has 1 aromatic heterocycles. The molecule has 0 unspecified atom stereocenters. The van der Waals surface area contributed by atoms with Crippen molar-refractivity contribution in [1.29, 1.82) is 0 Å². The van der Waals surface area contributed by atoms with Crippen molar-refractivity contribution in [2.24, 2.45) is 0 Å². The molecule has 7 heteroatoms. The van der Waals surface area contributed by atoms with Gasteiger partial charge in [0.05, 0.1) is 0 Å². The lowest BCUT2D eigenvalue weighted by Gasteiger charge is -2.25. The third-order valence-corrected chi connectivity index (χ3v) is 4.36. The minimum absolute atomic E-state index is 0.160. The standard InChI is InChI=1S/C17H13N3O3S/c21-15(14-10-22-12-8-4-5-9-13(12)23-14)18-17-20-19-16(24-17)11-6-2-1-3-7-11/h1-9,14H,10H2,(H,18,20,21)/t14-/m1/s1. The van der Waals surface area contributed by atoms with E-state index in [0.29, 0.717) is 16.6 Å². The number of amides is 1. The van der Waals surface area contributed by atoms with Crippen molar-refractivity contribution in [2.75, 3.05) is 11.9 Å². The topological polar surface area (TPSA) is 73.3 Å². The smallest absolute Gasteiger partial charge is 0.270 e. The quantitative estimate of drug-likeness (QED) is 0.794. The van der Waals surface area contributed by atoms with Gasteiger partial charge in [-0.05, 0) is 12.1 Å². The molecule has 24 heavy (non-hydrogen) atoms. The van der Waals surface area contributed by atoms with Gasteiger partial charge in [0, 0.05) is 5.56 Å². The van der Waals surface area contributed by atoms with Crippen molar-refractivity contribution in [2.45, 2.75) is 6.10 Å². The second-order valence-corrected chi connectivity index (χ2v) is 6.11. The van der Waals surface area contributed by atoms with Gasteiger partial charge in [-0.2, -0.15) is 0 Å². The number of aromatic nitrogens is 2. The summed E-state index contributed by atoms with van der Waals surface area (Å²) in [5, 5.41) is 12.0. The van der Waals surface area contributed by atoms with Crippen LogP contribution in [0.1, 0.15) is 0 Å². The highest BCUT2D eigenvalue weighted by Gasteiger charge is 2.28. The lowest BCUT2D eigenvalue weighted by Crippen LogP contribution is -2.40. The molecule has 1 aliphatic heterocycles. The zero-order chi connectivity index (χ0) is 16.4. The van der Waals surface area contributed by atoms with Crippen LogP contribution >= 0.6 is 11.3 Å². The number of carbonyl (C=O) groups is 1. The molecule has 0 saturated heterocycles. The first-order valence-corrected chi connectivity index (χ1v) is 8.19. The van der Waals surface area contributed by atoms with E-state index in [1.165, 1.54) is 11.3 Å². The predicted octanol–water partition coefficient (Wildman–Crippen LogP) is 2.98. The van der Waals surface area contributed by atoms with Gasteiger partial charge in [-0.15, -0.1) is 10.2 Å². The molecule has 1 aliphatic rings. The number of carbonyl (C=O) groups excluding carboxylic acids is 1. The summed E-state index contributed by atoms with van der Waals surface area (Å²) in [6.45, 7) is 0.160. The van der Waals surface area contributed by atoms with Crippen LogP contribution < -0.4 is 14.8 Å². The van der Waals surface area contributed by atoms with Crippen molar-refractivity contribution in [1.82, 2.24) is 10.2 Å². The molecule has 1 N–H and O–H groups in total. The van der Waals surface area contributed by atoms with Crippen molar-refractivity contribution < 1.29 is 14.3 Å². The Hall–Kier alpha value is -2.93. The summed E-state index contributed by atoms with van der Waals surface area (Å²) in [5.41, 5.74) is 0.960. The molecule has 2 heterocycles. The lowest BCUT2D eigenvalue weighted by atomic mass is 10.2. The summed E-state index contributed by atoms with van der Waals surface area (Å²) < 4.78 is 11.2. The molecule has 0 spiro atoms. The Morgan fingerprint density at radius 2 is 1.79 bits per heavy atom. The van der Waals surface area contributed by atoms with Crippen LogP contribution in [0.2, 0.25) is 0 Å². The molecule has 2 aromatic carbocycles. The zero-order valence-electron chi connectivity index (χ0n) is 12.5. The molecule has 120 valence electrons. The van der Waals surface area contributed by atoms with Crippen LogP contribution in [0.15, 0.2) is 54.6 Å². The van der Waals surface area contributed by atoms with Crippen LogP contribution in [-0.4, -0.2) is 28.8 Å². The Morgan fingerprint density at radius 3 is 2.62 bits per heavy atom. The summed E-state index contributed by atoms with van der Waals surface area (Å²) >= 11 is 1.31. The molecule has 6 nitrogen and oxygen atoms in total. The van der Waals surface area contributed by atoms with Gasteiger partial charge < -0.3 is 9.47 Å². The number of rotatable bonds is 3. The van der Waals surface area contributed by atoms with Crippen LogP contribution in [-0.2, 0) is 4.79 Å². The molecular weight excluding hydrogens is 326 g/mol. The molecule has 0 aliphatic carbocycles. The van der Waals surface area contributed by atoms with Gasteiger partial charge in [-0.1, -0.05) is 53.8 Å². The highest BCUT2D eigenvalue weighted by molar-refractivity contribution is 7.18. The first-order chi connectivity index (χ1) is 11.8. The van der Waals surface area contributed by atoms with E-state index < -0.39 is 6.10 Å². The number of benzene rings is 2. The maximum atomic E-state index is 12.3. The maximum Gasteiger partial charge on any atom is 0.270 e. The number of hydrogen-bond acceptors (Lipinski definition) is 6. The van der Waals surface area contributed by atoms with Gasteiger partial charge in [-0.25, -0.2) is 0 Å². The molecule has 1 atom stereocenters. The summed E-state index contributed by atoms with van der Waals surface area (Å²) in [6, 6.07) is 17.0. The first-order valence-electron chi connectivity index (χ1n) is 7.38. The second kappa shape index (κ2) is 6.29. The summed E-state index contributed by atoms with van der Waals surface area (Å²) in [4.78, 5) is 12.3. The average Bonchev–Trinajstić information content (AvgIpc) is 3.10. The number of hydrogen-bond donors (Lipinski definition) is 1. The van der Waals surface area contributed by atoms with Crippen molar-refractivity contribution in [3.63, 3.8) is 0 Å². The van der Waals surface area contributed by atoms with Crippen LogP contribution in [0, 0.1) is 0 Å². The van der Waals surface area contributed by atoms with E-state index in [1.54, 1.807) is 12.1 Å². The predicted molar refractivity (Wildman–Crippen MR) is 90.3 cm³/mol. The summed E-state index contributed by atoms with van der Waals surface area (Å²) in [5.74, 6) is 0.898. The molecule has 4 rings (SSSR count). The average molecular weight is 339 g/mol. The fraction of sp³-hybridized carbons (Fsp3) is 0.118. The second-order valence-electron chi connectivity index (χ2n) is 5.13. The fourth-order valence-corrected chi connectivity index (χ4v) is 3.06. The SMILES string of the molecule is O=C(Nc1nnc(-c2ccccc2)s1)[C@H]1COc2ccccc2O1. The van der Waals surface area contributed by atoms with E-state index in [4.69, 9.17) is 9.47 Å². The largest absolute Gasteiger partial charge is 0.485 e. The Kier molecular flexibility index (Phi) is 3.84. The number of fused-ring (bicyclic) bond motifs is 1. The monoisotopic (exact) mass is 339 g/mol. The van der Waals surface area contributed by atoms with Gasteiger partial charge in [0.2, 0.25) is 11.2 Å². The molecule has 0 radical (unpaired) electrons. The van der Waals surface area contributed by atoms with E-state index in [-0.39, 0.29) is 12.5 Å². The highest BCUT2D eigenvalue weighted by Crippen LogP contribution is 2.31. The normalized spacial score (nSPS) is 15.8. The van der Waals surface area contributed by atoms with Crippen molar-refractivity contribution >= 4 is 22.4 Å². The van der Waals surface area contributed by atoms with E-state index in [1.807, 2.05) is 42.5 Å². The van der Waals surface area contributed by atoms with Crippen LogP contribution in [0.3, 0.4) is 0 Å². The third-order valence-electron chi connectivity index (χ3n) is 3.48. The van der Waals surface area contributed by atoms with Gasteiger partial charge in [-0.3, -0.25) is 10.1 Å². The Balaban J connectivity index is 1.45. The van der Waals surface area contributed by atoms with Crippen molar-refractivity contribution in [3.8, 4) is 22.1 Å². The number of ether oxygens (including phenoxy) is 2. The molecule has 0 fully saturated rings. The number of anilines is 1. The summed E-state index contributed by atoms with van der Waals surface area (Å²) in [7, 11) is 0. The zero-order valence-corrected chi connectivity index (χ0v) is 13.3. The molecule has 3 aromatic rings. The molecule has 0 saturated carbocycles. The van der Waals surface area contributed by atoms with E-state index in [9.17, 15) is 4.79 Å². The molecule has 1 amide bonds. The lowest BCUT2D eigenvalue weighted by molar-refractivity contribution is -0.125. The molecular formula is C17H13N3O3S. The highest BCUT2D eigenvalue weighted by atomic mass is 32.1. The number of nitrogens with one attached hydrogen (secondary N) is 1. The van der Waals surface area contributed by atoms with Gasteiger partial charge >= 0.3 is 0 Å². The van der Waals surface area contributed by atoms with Gasteiger partial charge in [0.1, 0.15) is 11.6 Å². The first kappa shape index (κ1) is 14.6. The van der Waals surface area contributed by atoms with E-state index in [0.717, 1.165) is 10.6 Å². The Morgan fingerprint density at radius 1 is 1.04 bits per heavy atom. The van der Waals surface area contributed by atoms with Gasteiger partial charge in [0.15, 0.2) is 11.5 Å². The van der Waals surface area contributed by atoms with Crippen molar-refractivity contribution in [3.05, 3.63) is 54.6 Å². The number of para-hydroxylation sites is 2. The third kappa shape index (κ3) is 2.93. The van der Waals surface area contributed by atoms with E-state index >= 15 is 0 Å². The van der Waals surface area contributed by atoms with Gasteiger partial charge in [0.25, 0.3) is 5.91 Å². The maximum absolute atomic E-state index is 12.3. The molecule has 0 bridgehead atoms. The van der Waals surface area contributed by atoms with Crippen LogP contribution in [0.4, 0.5) is 5.13 Å². The fourth-order valence-electron chi connectivity index (χ4n) is 2.31. The Bertz CT molecular complexity index is 866. The minimum atomic E-state index is -0.719. The summed E-state index contributed by atoms with van der Waals surface area (Å²) in [6.07, 6.45) is -0.719. The minimum Gasteiger partial charge on any atom is -0.485 e. The van der Waals surface area contributed by atoms with Crippen LogP contribution in [0.25, 0.3) is 10.6 Å². The van der Waals surface area contributed by atoms with E-state index in [2.05, 4.69) is 15.5 Å². The van der Waals surface area contributed by atoms with Crippen LogP contribution in [0.5, 0.6) is 11.5 Å². The Labute approximate surface area is 142 Å². The number of nitrogens with zero attached hydrogens (tertiary/aromatic N) is 2.